The Labute approximate surface area is 106 Å². The van der Waals surface area contributed by atoms with Crippen LogP contribution in [0.5, 0.6) is 0 Å². The molecule has 1 rings (SSSR count). The molecule has 0 atom stereocenters. The lowest BCUT2D eigenvalue weighted by atomic mass is 10.4. The lowest BCUT2D eigenvalue weighted by Gasteiger charge is -2.17. The largest absolute Gasteiger partial charge is 0.396 e. The molecule has 96 valence electrons. The second kappa shape index (κ2) is 6.23. The van der Waals surface area contributed by atoms with Crippen molar-refractivity contribution in [2.45, 2.75) is 11.4 Å². The second-order valence-electron chi connectivity index (χ2n) is 3.57. The second-order valence-corrected chi connectivity index (χ2v) is 6.52. The Hall–Kier alpha value is -0.790. The van der Waals surface area contributed by atoms with Crippen LogP contribution in [0.15, 0.2) is 23.4 Å². The summed E-state index contributed by atoms with van der Waals surface area (Å²) in [5, 5.41) is -0.0633. The summed E-state index contributed by atoms with van der Waals surface area (Å²) in [6, 6.07) is 3.15. The number of hydrogen-bond acceptors (Lipinski definition) is 5. The molecule has 0 aliphatic heterocycles. The molecule has 0 saturated carbocycles. The number of nitrogens with two attached hydrogens (primary N) is 1. The van der Waals surface area contributed by atoms with Crippen molar-refractivity contribution in [3.63, 3.8) is 0 Å². The molecule has 0 aliphatic rings. The minimum Gasteiger partial charge on any atom is -0.396 e. The van der Waals surface area contributed by atoms with Gasteiger partial charge in [-0.05, 0) is 30.6 Å². The lowest BCUT2D eigenvalue weighted by Crippen LogP contribution is -2.29. The maximum atomic E-state index is 12.1. The van der Waals surface area contributed by atoms with E-state index in [0.717, 1.165) is 12.2 Å². The third-order valence-corrected chi connectivity index (χ3v) is 4.81. The number of nitrogens with zero attached hydrogens (tertiary/aromatic N) is 2. The standard InChI is InChI=1S/C10H17N3O2S2/c1-13(7-4-8-16-2)17(14,15)10-9(11)5-3-6-12-10/h3,5-6H,4,7-8,11H2,1-2H3. The molecule has 0 unspecified atom stereocenters. The monoisotopic (exact) mass is 275 g/mol. The summed E-state index contributed by atoms with van der Waals surface area (Å²) in [6.07, 6.45) is 4.23. The highest BCUT2D eigenvalue weighted by atomic mass is 32.2. The van der Waals surface area contributed by atoms with Gasteiger partial charge in [0, 0.05) is 19.8 Å². The number of nitrogen functional groups attached to an aromatic ring is 1. The van der Waals surface area contributed by atoms with E-state index >= 15 is 0 Å². The quantitative estimate of drug-likeness (QED) is 0.785. The van der Waals surface area contributed by atoms with Gasteiger partial charge in [-0.2, -0.15) is 16.1 Å². The molecule has 2 N–H and O–H groups in total. The Kier molecular flexibility index (Phi) is 5.23. The van der Waals surface area contributed by atoms with E-state index in [2.05, 4.69) is 4.98 Å². The topological polar surface area (TPSA) is 76.3 Å². The van der Waals surface area contributed by atoms with E-state index in [1.54, 1.807) is 24.9 Å². The van der Waals surface area contributed by atoms with Gasteiger partial charge in [0.2, 0.25) is 0 Å². The first-order valence-electron chi connectivity index (χ1n) is 5.16. The number of anilines is 1. The highest BCUT2D eigenvalue weighted by Gasteiger charge is 2.23. The smallest absolute Gasteiger partial charge is 0.262 e. The summed E-state index contributed by atoms with van der Waals surface area (Å²) in [4.78, 5) is 3.84. The first-order valence-corrected chi connectivity index (χ1v) is 7.99. The average molecular weight is 275 g/mol. The first kappa shape index (κ1) is 14.3. The fourth-order valence-corrected chi connectivity index (χ4v) is 2.96. The molecule has 0 saturated heterocycles. The Morgan fingerprint density at radius 3 is 2.82 bits per heavy atom. The van der Waals surface area contributed by atoms with Crippen LogP contribution in [-0.2, 0) is 10.0 Å². The predicted molar refractivity (Wildman–Crippen MR) is 71.5 cm³/mol. The number of aromatic nitrogens is 1. The van der Waals surface area contributed by atoms with Gasteiger partial charge < -0.3 is 5.73 Å². The van der Waals surface area contributed by atoms with Crippen LogP contribution in [0, 0.1) is 0 Å². The zero-order valence-corrected chi connectivity index (χ0v) is 11.6. The molecule has 1 aromatic heterocycles. The van der Waals surface area contributed by atoms with Crippen LogP contribution in [0.25, 0.3) is 0 Å². The van der Waals surface area contributed by atoms with Crippen molar-refractivity contribution in [3.8, 4) is 0 Å². The van der Waals surface area contributed by atoms with Crippen LogP contribution in [0.3, 0.4) is 0 Å². The van der Waals surface area contributed by atoms with Crippen LogP contribution < -0.4 is 5.73 Å². The number of sulfonamides is 1. The van der Waals surface area contributed by atoms with E-state index in [1.807, 2.05) is 6.26 Å². The van der Waals surface area contributed by atoms with Crippen LogP contribution >= 0.6 is 11.8 Å². The molecule has 0 aromatic carbocycles. The van der Waals surface area contributed by atoms with Crippen LogP contribution in [0.1, 0.15) is 6.42 Å². The van der Waals surface area contributed by atoms with Crippen molar-refractivity contribution >= 4 is 27.5 Å². The molecule has 0 amide bonds. The van der Waals surface area contributed by atoms with Gasteiger partial charge in [-0.1, -0.05) is 0 Å². The maximum absolute atomic E-state index is 12.1. The Morgan fingerprint density at radius 2 is 2.24 bits per heavy atom. The van der Waals surface area contributed by atoms with Crippen molar-refractivity contribution < 1.29 is 8.42 Å². The highest BCUT2D eigenvalue weighted by molar-refractivity contribution is 7.98. The minimum absolute atomic E-state index is 0.0633. The van der Waals surface area contributed by atoms with Gasteiger partial charge >= 0.3 is 0 Å². The average Bonchev–Trinajstić information content (AvgIpc) is 2.29. The van der Waals surface area contributed by atoms with Crippen molar-refractivity contribution in [2.75, 3.05) is 31.3 Å². The first-order chi connectivity index (χ1) is 8.00. The van der Waals surface area contributed by atoms with Crippen LogP contribution in [0.4, 0.5) is 5.69 Å². The van der Waals surface area contributed by atoms with E-state index in [1.165, 1.54) is 16.6 Å². The molecule has 0 radical (unpaired) electrons. The molecule has 1 heterocycles. The fraction of sp³-hybridized carbons (Fsp3) is 0.500. The zero-order valence-electron chi connectivity index (χ0n) is 9.96. The summed E-state index contributed by atoms with van der Waals surface area (Å²) < 4.78 is 25.5. The molecule has 5 nitrogen and oxygen atoms in total. The summed E-state index contributed by atoms with van der Waals surface area (Å²) in [5.41, 5.74) is 5.81. The van der Waals surface area contributed by atoms with Gasteiger partial charge in [-0.3, -0.25) is 0 Å². The zero-order chi connectivity index (χ0) is 12.9. The van der Waals surface area contributed by atoms with Gasteiger partial charge in [0.1, 0.15) is 0 Å². The maximum Gasteiger partial charge on any atom is 0.262 e. The summed E-state index contributed by atoms with van der Waals surface area (Å²) in [7, 11) is -2.02. The van der Waals surface area contributed by atoms with Crippen molar-refractivity contribution in [1.82, 2.24) is 9.29 Å². The van der Waals surface area contributed by atoms with Crippen molar-refractivity contribution in [3.05, 3.63) is 18.3 Å². The molecule has 7 heteroatoms. The molecule has 0 fully saturated rings. The van der Waals surface area contributed by atoms with E-state index in [0.29, 0.717) is 6.54 Å². The van der Waals surface area contributed by atoms with Crippen LogP contribution in [0.2, 0.25) is 0 Å². The van der Waals surface area contributed by atoms with E-state index in [4.69, 9.17) is 5.73 Å². The number of hydrogen-bond donors (Lipinski definition) is 1. The van der Waals surface area contributed by atoms with Crippen LogP contribution in [-0.4, -0.2) is 43.3 Å². The summed E-state index contributed by atoms with van der Waals surface area (Å²) in [6.45, 7) is 0.471. The molecule has 0 aliphatic carbocycles. The Bertz CT molecular complexity index is 462. The molecule has 17 heavy (non-hydrogen) atoms. The SMILES string of the molecule is CSCCCN(C)S(=O)(=O)c1ncccc1N. The van der Waals surface area contributed by atoms with Gasteiger partial charge in [0.15, 0.2) is 5.03 Å². The number of pyridine rings is 1. The van der Waals surface area contributed by atoms with E-state index in [9.17, 15) is 8.42 Å². The lowest BCUT2D eigenvalue weighted by molar-refractivity contribution is 0.467. The third kappa shape index (κ3) is 3.58. The molecular formula is C10H17N3O2S2. The van der Waals surface area contributed by atoms with Crippen molar-refractivity contribution in [2.24, 2.45) is 0 Å². The summed E-state index contributed by atoms with van der Waals surface area (Å²) in [5.74, 6) is 0.928. The van der Waals surface area contributed by atoms with Gasteiger partial charge in [0.25, 0.3) is 10.0 Å². The normalized spacial score (nSPS) is 11.9. The molecule has 0 bridgehead atoms. The molecular weight excluding hydrogens is 258 g/mol. The Morgan fingerprint density at radius 1 is 1.53 bits per heavy atom. The Balaban J connectivity index is 2.85. The molecule has 1 aromatic rings. The van der Waals surface area contributed by atoms with Gasteiger partial charge in [-0.15, -0.1) is 0 Å². The minimum atomic E-state index is -3.56. The fourth-order valence-electron chi connectivity index (χ4n) is 1.32. The number of rotatable bonds is 6. The van der Waals surface area contributed by atoms with Gasteiger partial charge in [-0.25, -0.2) is 13.4 Å². The summed E-state index contributed by atoms with van der Waals surface area (Å²) >= 11 is 1.69. The third-order valence-electron chi connectivity index (χ3n) is 2.28. The van der Waals surface area contributed by atoms with Gasteiger partial charge in [0.05, 0.1) is 5.69 Å². The molecule has 0 spiro atoms. The highest BCUT2D eigenvalue weighted by Crippen LogP contribution is 2.18. The number of thioether (sulfide) groups is 1. The van der Waals surface area contributed by atoms with Crippen molar-refractivity contribution in [1.29, 1.82) is 0 Å². The van der Waals surface area contributed by atoms with E-state index < -0.39 is 10.0 Å². The van der Waals surface area contributed by atoms with E-state index in [-0.39, 0.29) is 10.7 Å². The predicted octanol–water partition coefficient (Wildman–Crippen LogP) is 1.04.